The van der Waals surface area contributed by atoms with Crippen LogP contribution in [0.4, 0.5) is 0 Å². The maximum Gasteiger partial charge on any atom is 0.306 e. The number of rotatable bonds is 53. The Kier molecular flexibility index (Phi) is 54.8. The Morgan fingerprint density at radius 1 is 0.304 bits per heavy atom. The first-order valence-electron chi connectivity index (χ1n) is 29.4. The highest BCUT2D eigenvalue weighted by Gasteiger charge is 2.19. The summed E-state index contributed by atoms with van der Waals surface area (Å²) >= 11 is 0. The normalized spacial score (nSPS) is 12.6. The number of carbonyl (C=O) groups excluding carboxylic acids is 3. The minimum Gasteiger partial charge on any atom is -0.462 e. The zero-order chi connectivity index (χ0) is 50.0. The summed E-state index contributed by atoms with van der Waals surface area (Å²) in [6.07, 6.45) is 73.2. The van der Waals surface area contributed by atoms with Crippen LogP contribution in [0, 0.1) is 0 Å². The molecule has 0 aromatic heterocycles. The third-order valence-corrected chi connectivity index (χ3v) is 12.7. The zero-order valence-corrected chi connectivity index (χ0v) is 45.6. The first kappa shape index (κ1) is 65.8. The van der Waals surface area contributed by atoms with E-state index in [1.54, 1.807) is 0 Å². The van der Waals surface area contributed by atoms with Crippen molar-refractivity contribution in [3.05, 3.63) is 72.9 Å². The van der Waals surface area contributed by atoms with Gasteiger partial charge in [0.25, 0.3) is 0 Å². The third kappa shape index (κ3) is 55.6. The molecule has 0 amide bonds. The molecule has 0 aliphatic heterocycles. The molecule has 1 atom stereocenters. The van der Waals surface area contributed by atoms with Gasteiger partial charge in [-0.1, -0.05) is 254 Å². The molecule has 6 heteroatoms. The van der Waals surface area contributed by atoms with Gasteiger partial charge < -0.3 is 14.2 Å². The number of unbranched alkanes of at least 4 members (excludes halogenated alkanes) is 30. The van der Waals surface area contributed by atoms with Gasteiger partial charge >= 0.3 is 17.9 Å². The zero-order valence-electron chi connectivity index (χ0n) is 45.6. The molecule has 0 rings (SSSR count). The summed E-state index contributed by atoms with van der Waals surface area (Å²) in [5.41, 5.74) is 0. The van der Waals surface area contributed by atoms with Crippen LogP contribution in [-0.2, 0) is 28.6 Å². The summed E-state index contributed by atoms with van der Waals surface area (Å²) < 4.78 is 16.9. The lowest BCUT2D eigenvalue weighted by Gasteiger charge is -2.18. The molecular weight excluding hydrogens is 853 g/mol. The number of carbonyl (C=O) groups is 3. The van der Waals surface area contributed by atoms with E-state index in [9.17, 15) is 14.4 Å². The topological polar surface area (TPSA) is 78.9 Å². The lowest BCUT2D eigenvalue weighted by molar-refractivity contribution is -0.167. The highest BCUT2D eigenvalue weighted by molar-refractivity contribution is 5.71. The molecule has 0 saturated carbocycles. The van der Waals surface area contributed by atoms with Crippen LogP contribution in [0.2, 0.25) is 0 Å². The molecule has 0 heterocycles. The van der Waals surface area contributed by atoms with Crippen molar-refractivity contribution in [1.29, 1.82) is 0 Å². The molecule has 398 valence electrons. The van der Waals surface area contributed by atoms with Crippen LogP contribution in [0.5, 0.6) is 0 Å². The highest BCUT2D eigenvalue weighted by Crippen LogP contribution is 2.16. The number of allylic oxidation sites excluding steroid dienone is 12. The smallest absolute Gasteiger partial charge is 0.306 e. The van der Waals surface area contributed by atoms with Crippen molar-refractivity contribution in [3.8, 4) is 0 Å². The van der Waals surface area contributed by atoms with Crippen LogP contribution >= 0.6 is 0 Å². The number of esters is 3. The molecule has 6 nitrogen and oxygen atoms in total. The van der Waals surface area contributed by atoms with Crippen LogP contribution in [0.1, 0.15) is 290 Å². The van der Waals surface area contributed by atoms with E-state index in [0.717, 1.165) is 116 Å². The highest BCUT2D eigenvalue weighted by atomic mass is 16.6. The Labute approximate surface area is 427 Å². The second-order valence-corrected chi connectivity index (χ2v) is 19.5. The predicted molar refractivity (Wildman–Crippen MR) is 298 cm³/mol. The van der Waals surface area contributed by atoms with Crippen molar-refractivity contribution in [1.82, 2.24) is 0 Å². The first-order chi connectivity index (χ1) is 34.0. The largest absolute Gasteiger partial charge is 0.462 e. The van der Waals surface area contributed by atoms with Crippen molar-refractivity contribution in [3.63, 3.8) is 0 Å². The number of ether oxygens (including phenoxy) is 3. The Balaban J connectivity index is 4.41. The minimum atomic E-state index is -0.793. The van der Waals surface area contributed by atoms with Gasteiger partial charge in [0.1, 0.15) is 13.2 Å². The molecular formula is C63H110O6. The van der Waals surface area contributed by atoms with Gasteiger partial charge in [0, 0.05) is 19.3 Å². The van der Waals surface area contributed by atoms with Crippen LogP contribution in [0.3, 0.4) is 0 Å². The minimum absolute atomic E-state index is 0.0878. The molecule has 0 aromatic rings. The van der Waals surface area contributed by atoms with E-state index >= 15 is 0 Å². The quantitative estimate of drug-likeness (QED) is 0.0262. The van der Waals surface area contributed by atoms with Gasteiger partial charge in [0.05, 0.1) is 0 Å². The van der Waals surface area contributed by atoms with Gasteiger partial charge in [-0.25, -0.2) is 0 Å². The molecule has 1 unspecified atom stereocenters. The summed E-state index contributed by atoms with van der Waals surface area (Å²) in [7, 11) is 0. The molecule has 0 N–H and O–H groups in total. The summed E-state index contributed by atoms with van der Waals surface area (Å²) in [6.45, 7) is 6.50. The van der Waals surface area contributed by atoms with E-state index in [1.807, 2.05) is 0 Å². The maximum atomic E-state index is 12.9. The monoisotopic (exact) mass is 963 g/mol. The van der Waals surface area contributed by atoms with Crippen molar-refractivity contribution in [2.75, 3.05) is 13.2 Å². The number of hydrogen-bond donors (Lipinski definition) is 0. The lowest BCUT2D eigenvalue weighted by Crippen LogP contribution is -2.30. The van der Waals surface area contributed by atoms with Gasteiger partial charge in [-0.15, -0.1) is 0 Å². The van der Waals surface area contributed by atoms with Crippen molar-refractivity contribution >= 4 is 17.9 Å². The van der Waals surface area contributed by atoms with Crippen LogP contribution < -0.4 is 0 Å². The summed E-state index contributed by atoms with van der Waals surface area (Å²) in [5, 5.41) is 0. The lowest BCUT2D eigenvalue weighted by atomic mass is 10.0. The van der Waals surface area contributed by atoms with E-state index in [2.05, 4.69) is 93.7 Å². The number of hydrogen-bond acceptors (Lipinski definition) is 6. The summed E-state index contributed by atoms with van der Waals surface area (Å²) in [6, 6.07) is 0. The molecule has 0 fully saturated rings. The van der Waals surface area contributed by atoms with Crippen LogP contribution in [0.15, 0.2) is 72.9 Å². The van der Waals surface area contributed by atoms with E-state index in [4.69, 9.17) is 14.2 Å². The van der Waals surface area contributed by atoms with E-state index < -0.39 is 6.10 Å². The Morgan fingerprint density at radius 2 is 0.565 bits per heavy atom. The third-order valence-electron chi connectivity index (χ3n) is 12.7. The van der Waals surface area contributed by atoms with E-state index in [0.29, 0.717) is 19.3 Å². The molecule has 0 saturated heterocycles. The SMILES string of the molecule is CC/C=C\C/C=C\C/C=C\C/C=C\CCCCCCC(=O)OC(COC(=O)CCCCCCC/C=C\C/C=C\CCCCC)COC(=O)CCCCCCCCCCCCCCCCCCCCC. The fraction of sp³-hybridized carbons (Fsp3) is 0.762. The average Bonchev–Trinajstić information content (AvgIpc) is 3.35. The fourth-order valence-corrected chi connectivity index (χ4v) is 8.29. The van der Waals surface area contributed by atoms with Gasteiger partial charge in [-0.3, -0.25) is 14.4 Å². The average molecular weight is 964 g/mol. The van der Waals surface area contributed by atoms with Crippen molar-refractivity contribution in [2.45, 2.75) is 297 Å². The molecule has 0 spiro atoms. The van der Waals surface area contributed by atoms with Gasteiger partial charge in [0.2, 0.25) is 0 Å². The van der Waals surface area contributed by atoms with Crippen molar-refractivity contribution < 1.29 is 28.6 Å². The second-order valence-electron chi connectivity index (χ2n) is 19.5. The van der Waals surface area contributed by atoms with Gasteiger partial charge in [0.15, 0.2) is 6.10 Å². The van der Waals surface area contributed by atoms with Gasteiger partial charge in [-0.2, -0.15) is 0 Å². The molecule has 0 aliphatic carbocycles. The van der Waals surface area contributed by atoms with E-state index in [1.165, 1.54) is 135 Å². The van der Waals surface area contributed by atoms with Gasteiger partial charge in [-0.05, 0) is 89.9 Å². The van der Waals surface area contributed by atoms with Crippen LogP contribution in [0.25, 0.3) is 0 Å². The fourth-order valence-electron chi connectivity index (χ4n) is 8.29. The molecule has 0 radical (unpaired) electrons. The summed E-state index contributed by atoms with van der Waals surface area (Å²) in [5.74, 6) is -0.915. The predicted octanol–water partition coefficient (Wildman–Crippen LogP) is 19.8. The van der Waals surface area contributed by atoms with Crippen LogP contribution in [-0.4, -0.2) is 37.2 Å². The summed E-state index contributed by atoms with van der Waals surface area (Å²) in [4.78, 5) is 38.2. The van der Waals surface area contributed by atoms with Crippen molar-refractivity contribution in [2.24, 2.45) is 0 Å². The molecule has 69 heavy (non-hydrogen) atoms. The Morgan fingerprint density at radius 3 is 0.913 bits per heavy atom. The first-order valence-corrected chi connectivity index (χ1v) is 29.4. The Hall–Kier alpha value is -3.15. The van der Waals surface area contributed by atoms with E-state index in [-0.39, 0.29) is 31.1 Å². The standard InChI is InChI=1S/C63H110O6/c1-4-7-10-13-16-19-22-25-28-30-31-33-35-38-41-44-47-50-53-56-62(65)68-59-60(58-67-61(64)55-52-49-46-43-40-37-34-27-24-21-18-15-12-9-6-3)69-63(66)57-54-51-48-45-42-39-36-32-29-26-23-20-17-14-11-8-5-2/h8,11,17-18,20-21,26-27,29,34,36,39,60H,4-7,9-10,12-16,19,22-25,28,30-33,35,37-38,40-59H2,1-3H3/b11-8-,20-17-,21-18-,29-26-,34-27-,39-36-. The Bertz CT molecular complexity index is 1290. The molecule has 0 aliphatic rings. The molecule has 0 bridgehead atoms. The second kappa shape index (κ2) is 57.4. The molecule has 0 aromatic carbocycles. The maximum absolute atomic E-state index is 12.9.